The fourth-order valence-electron chi connectivity index (χ4n) is 3.78. The third-order valence-corrected chi connectivity index (χ3v) is 6.57. The summed E-state index contributed by atoms with van der Waals surface area (Å²) in [5.41, 5.74) is -0.148. The molecule has 2 heterocycles. The van der Waals surface area contributed by atoms with Gasteiger partial charge in [0.25, 0.3) is 0 Å². The van der Waals surface area contributed by atoms with E-state index in [1.165, 1.54) is 36.5 Å². The molecule has 0 unspecified atom stereocenters. The molecule has 0 radical (unpaired) electrons. The topological polar surface area (TPSA) is 148 Å². The van der Waals surface area contributed by atoms with Crippen molar-refractivity contribution in [2.24, 2.45) is 0 Å². The Labute approximate surface area is 203 Å². The zero-order valence-corrected chi connectivity index (χ0v) is 19.5. The molecule has 1 saturated carbocycles. The van der Waals surface area contributed by atoms with Gasteiger partial charge in [-0.1, -0.05) is 0 Å². The quantitative estimate of drug-likeness (QED) is 0.276. The average molecular weight is 526 g/mol. The summed E-state index contributed by atoms with van der Waals surface area (Å²) in [7, 11) is -2.83. The van der Waals surface area contributed by atoms with Gasteiger partial charge in [0.05, 0.1) is 18.2 Å². The number of anilines is 1. The van der Waals surface area contributed by atoms with Crippen molar-refractivity contribution in [1.29, 1.82) is 0 Å². The Kier molecular flexibility index (Phi) is 7.35. The first-order valence-electron chi connectivity index (χ1n) is 10.6. The van der Waals surface area contributed by atoms with E-state index in [0.29, 0.717) is 6.07 Å². The summed E-state index contributed by atoms with van der Waals surface area (Å²) in [5, 5.41) is 17.3. The number of nitrogens with zero attached hydrogens (tertiary/aromatic N) is 4. The summed E-state index contributed by atoms with van der Waals surface area (Å²) in [6.45, 7) is -0.246. The normalized spacial score (nSPS) is 20.0. The fourth-order valence-corrected chi connectivity index (χ4v) is 4.41. The van der Waals surface area contributed by atoms with Crippen LogP contribution in [0.25, 0.3) is 0 Å². The maximum Gasteiger partial charge on any atom is 0.335 e. The maximum absolute atomic E-state index is 14.0. The molecule has 0 amide bonds. The molecule has 3 atom stereocenters. The number of hydrogen-bond donors (Lipinski definition) is 3. The van der Waals surface area contributed by atoms with Gasteiger partial charge in [-0.3, -0.25) is 13.7 Å². The predicted molar refractivity (Wildman–Crippen MR) is 119 cm³/mol. The molecule has 15 heteroatoms. The van der Waals surface area contributed by atoms with Crippen LogP contribution in [0.15, 0.2) is 36.9 Å². The van der Waals surface area contributed by atoms with Crippen molar-refractivity contribution in [3.63, 3.8) is 0 Å². The lowest BCUT2D eigenvalue weighted by molar-refractivity contribution is 0.0636. The minimum atomic E-state index is -4.01. The lowest BCUT2D eigenvalue weighted by atomic mass is 10.1. The lowest BCUT2D eigenvalue weighted by Crippen LogP contribution is -2.31. The summed E-state index contributed by atoms with van der Waals surface area (Å²) < 4.78 is 72.0. The highest BCUT2D eigenvalue weighted by Crippen LogP contribution is 2.28. The summed E-state index contributed by atoms with van der Waals surface area (Å²) >= 11 is 0. The SMILES string of the molecule is CNS(=O)(=O)O[C@@H]1C[C@H](Nc2ncncc2C(=O)c2ccn(Cc3cc(F)c(F)cc3F)n2)C[C@@H]1O. The van der Waals surface area contributed by atoms with Gasteiger partial charge in [0, 0.05) is 37.1 Å². The molecule has 1 fully saturated rings. The predicted octanol–water partition coefficient (Wildman–Crippen LogP) is 1.15. The van der Waals surface area contributed by atoms with E-state index < -0.39 is 51.8 Å². The molecule has 1 aliphatic carbocycles. The van der Waals surface area contributed by atoms with Crippen molar-refractivity contribution in [1.82, 2.24) is 24.5 Å². The Morgan fingerprint density at radius 2 is 1.97 bits per heavy atom. The molecule has 1 aliphatic rings. The monoisotopic (exact) mass is 526 g/mol. The molecule has 3 N–H and O–H groups in total. The number of nitrogens with one attached hydrogen (secondary N) is 2. The molecule has 11 nitrogen and oxygen atoms in total. The molecule has 1 aromatic carbocycles. The van der Waals surface area contributed by atoms with Gasteiger partial charge < -0.3 is 10.4 Å². The Bertz CT molecular complexity index is 1390. The minimum Gasteiger partial charge on any atom is -0.390 e. The lowest BCUT2D eigenvalue weighted by Gasteiger charge is -2.15. The van der Waals surface area contributed by atoms with Gasteiger partial charge in [0.15, 0.2) is 11.6 Å². The Balaban J connectivity index is 1.48. The number of carbonyl (C=O) groups is 1. The summed E-state index contributed by atoms with van der Waals surface area (Å²) in [6, 6.07) is 2.05. The van der Waals surface area contributed by atoms with Crippen LogP contribution in [-0.2, 0) is 21.0 Å². The van der Waals surface area contributed by atoms with E-state index in [2.05, 4.69) is 20.4 Å². The highest BCUT2D eigenvalue weighted by Gasteiger charge is 2.37. The van der Waals surface area contributed by atoms with Crippen LogP contribution in [0.5, 0.6) is 0 Å². The van der Waals surface area contributed by atoms with Crippen LogP contribution in [0.2, 0.25) is 0 Å². The van der Waals surface area contributed by atoms with Gasteiger partial charge in [-0.15, -0.1) is 0 Å². The molecule has 0 spiro atoms. The number of hydrogen-bond acceptors (Lipinski definition) is 9. The average Bonchev–Trinajstić information content (AvgIpc) is 3.43. The maximum atomic E-state index is 14.0. The van der Waals surface area contributed by atoms with Gasteiger partial charge in [-0.2, -0.15) is 18.2 Å². The van der Waals surface area contributed by atoms with E-state index >= 15 is 0 Å². The van der Waals surface area contributed by atoms with Gasteiger partial charge in [-0.25, -0.2) is 23.1 Å². The molecule has 4 rings (SSSR count). The molecular formula is C21H21F3N6O5S. The van der Waals surface area contributed by atoms with E-state index in [1.54, 1.807) is 0 Å². The van der Waals surface area contributed by atoms with Gasteiger partial charge in [-0.05, 0) is 25.0 Å². The zero-order chi connectivity index (χ0) is 26.0. The van der Waals surface area contributed by atoms with Crippen molar-refractivity contribution >= 4 is 21.9 Å². The van der Waals surface area contributed by atoms with Crippen LogP contribution in [0, 0.1) is 17.5 Å². The van der Waals surface area contributed by atoms with E-state index in [-0.39, 0.29) is 42.0 Å². The number of ketones is 1. The van der Waals surface area contributed by atoms with E-state index in [9.17, 15) is 31.5 Å². The minimum absolute atomic E-state index is 0.0383. The molecule has 0 saturated heterocycles. The largest absolute Gasteiger partial charge is 0.390 e. The van der Waals surface area contributed by atoms with Crippen LogP contribution in [0.4, 0.5) is 19.0 Å². The van der Waals surface area contributed by atoms with Gasteiger partial charge in [0.2, 0.25) is 5.78 Å². The smallest absolute Gasteiger partial charge is 0.335 e. The fraction of sp³-hybridized carbons (Fsp3) is 0.333. The first-order valence-corrected chi connectivity index (χ1v) is 12.0. The van der Waals surface area contributed by atoms with E-state index in [0.717, 1.165) is 6.07 Å². The number of halogens is 3. The Morgan fingerprint density at radius 1 is 1.22 bits per heavy atom. The summed E-state index contributed by atoms with van der Waals surface area (Å²) in [6.07, 6.45) is 2.03. The van der Waals surface area contributed by atoms with Gasteiger partial charge >= 0.3 is 10.3 Å². The summed E-state index contributed by atoms with van der Waals surface area (Å²) in [4.78, 5) is 21.0. The first-order chi connectivity index (χ1) is 17.1. The Morgan fingerprint density at radius 3 is 2.72 bits per heavy atom. The van der Waals surface area contributed by atoms with Crippen LogP contribution in [0.1, 0.15) is 34.5 Å². The Hall–Kier alpha value is -3.40. The van der Waals surface area contributed by atoms with Crippen molar-refractivity contribution < 1.29 is 35.7 Å². The van der Waals surface area contributed by atoms with Crippen molar-refractivity contribution in [2.75, 3.05) is 12.4 Å². The third kappa shape index (κ3) is 5.70. The first kappa shape index (κ1) is 25.7. The molecule has 36 heavy (non-hydrogen) atoms. The molecule has 3 aromatic rings. The number of aliphatic hydroxyl groups is 1. The van der Waals surface area contributed by atoms with E-state index in [4.69, 9.17) is 4.18 Å². The molecule has 2 aromatic heterocycles. The molecule has 0 bridgehead atoms. The van der Waals surface area contributed by atoms with Crippen molar-refractivity contribution in [3.05, 3.63) is 71.2 Å². The standard InChI is InChI=1S/C21H21F3N6O5S/c1-25-36(33,34)35-19-6-12(5-18(19)31)28-21-13(8-26-10-27-21)20(32)17-2-3-30(29-17)9-11-4-15(23)16(24)7-14(11)22/h2-4,7-8,10,12,18-19,25,31H,5-6,9H2,1H3,(H,26,27,28)/t12-,18+,19-/m1/s1. The van der Waals surface area contributed by atoms with Crippen LogP contribution in [-0.4, -0.2) is 64.4 Å². The number of benzene rings is 1. The molecule has 192 valence electrons. The number of aliphatic hydroxyl groups excluding tert-OH is 1. The van der Waals surface area contributed by atoms with Crippen molar-refractivity contribution in [3.8, 4) is 0 Å². The highest BCUT2D eigenvalue weighted by atomic mass is 32.2. The zero-order valence-electron chi connectivity index (χ0n) is 18.7. The second kappa shape index (κ2) is 10.3. The summed E-state index contributed by atoms with van der Waals surface area (Å²) in [5.74, 6) is -3.92. The van der Waals surface area contributed by atoms with Gasteiger partial charge in [0.1, 0.15) is 29.8 Å². The third-order valence-electron chi connectivity index (χ3n) is 5.56. The van der Waals surface area contributed by atoms with E-state index in [1.807, 2.05) is 4.72 Å². The number of carbonyl (C=O) groups excluding carboxylic acids is 1. The second-order valence-electron chi connectivity index (χ2n) is 8.04. The molecular weight excluding hydrogens is 505 g/mol. The van der Waals surface area contributed by atoms with Crippen molar-refractivity contribution in [2.45, 2.75) is 37.6 Å². The molecule has 0 aliphatic heterocycles. The van der Waals surface area contributed by atoms with Crippen LogP contribution >= 0.6 is 0 Å². The highest BCUT2D eigenvalue weighted by molar-refractivity contribution is 7.84. The number of rotatable bonds is 9. The number of aromatic nitrogens is 4. The van der Waals surface area contributed by atoms with Crippen LogP contribution in [0.3, 0.4) is 0 Å². The second-order valence-corrected chi connectivity index (χ2v) is 9.55. The van der Waals surface area contributed by atoms with Crippen LogP contribution < -0.4 is 10.0 Å².